The largest absolute Gasteiger partial charge is 0.314 e. The number of hydrogen-bond acceptors (Lipinski definition) is 1. The van der Waals surface area contributed by atoms with Crippen LogP contribution in [0.15, 0.2) is 0 Å². The van der Waals surface area contributed by atoms with E-state index in [4.69, 9.17) is 0 Å². The predicted octanol–water partition coefficient (Wildman–Crippen LogP) is 3.98. The molecule has 1 heteroatoms. The molecule has 1 saturated carbocycles. The Balaban J connectivity index is 2.14. The molecule has 0 amide bonds. The molecule has 0 heterocycles. The monoisotopic (exact) mass is 211 g/mol. The van der Waals surface area contributed by atoms with Crippen LogP contribution in [0.4, 0.5) is 0 Å². The van der Waals surface area contributed by atoms with Crippen LogP contribution >= 0.6 is 0 Å². The Morgan fingerprint density at radius 3 is 2.73 bits per heavy atom. The third-order valence-corrected chi connectivity index (χ3v) is 3.90. The molecule has 0 aromatic rings. The van der Waals surface area contributed by atoms with Gasteiger partial charge in [-0.3, -0.25) is 0 Å². The van der Waals surface area contributed by atoms with Crippen molar-refractivity contribution in [3.05, 3.63) is 0 Å². The molecular formula is C14H29N. The molecule has 0 spiro atoms. The van der Waals surface area contributed by atoms with E-state index in [1.54, 1.807) is 0 Å². The highest BCUT2D eigenvalue weighted by molar-refractivity contribution is 4.77. The fourth-order valence-electron chi connectivity index (χ4n) is 2.81. The van der Waals surface area contributed by atoms with Gasteiger partial charge in [0.05, 0.1) is 0 Å². The van der Waals surface area contributed by atoms with Crippen molar-refractivity contribution in [2.75, 3.05) is 6.54 Å². The van der Waals surface area contributed by atoms with Crippen LogP contribution in [0.25, 0.3) is 0 Å². The molecule has 0 aromatic heterocycles. The maximum absolute atomic E-state index is 3.77. The Labute approximate surface area is 96.0 Å². The van der Waals surface area contributed by atoms with E-state index in [9.17, 15) is 0 Å². The Morgan fingerprint density at radius 1 is 1.27 bits per heavy atom. The number of nitrogens with one attached hydrogen (secondary N) is 1. The standard InChI is InChI=1S/C14H29N/c1-4-7-12(3)11-15-14-9-6-8-13(5-2)10-14/h12-15H,4-11H2,1-3H3. The van der Waals surface area contributed by atoms with Crippen molar-refractivity contribution in [1.82, 2.24) is 5.32 Å². The van der Waals surface area contributed by atoms with Crippen molar-refractivity contribution < 1.29 is 0 Å². The summed E-state index contributed by atoms with van der Waals surface area (Å²) in [4.78, 5) is 0. The molecule has 0 radical (unpaired) electrons. The third-order valence-electron chi connectivity index (χ3n) is 3.90. The van der Waals surface area contributed by atoms with Crippen LogP contribution in [0.5, 0.6) is 0 Å². The van der Waals surface area contributed by atoms with Gasteiger partial charge in [-0.05, 0) is 37.6 Å². The molecule has 1 nitrogen and oxygen atoms in total. The summed E-state index contributed by atoms with van der Waals surface area (Å²) in [5, 5.41) is 3.77. The maximum atomic E-state index is 3.77. The number of hydrogen-bond donors (Lipinski definition) is 1. The fourth-order valence-corrected chi connectivity index (χ4v) is 2.81. The number of rotatable bonds is 6. The first-order valence-electron chi connectivity index (χ1n) is 6.99. The lowest BCUT2D eigenvalue weighted by Gasteiger charge is -2.30. The van der Waals surface area contributed by atoms with E-state index in [2.05, 4.69) is 26.1 Å². The smallest absolute Gasteiger partial charge is 0.00698 e. The normalized spacial score (nSPS) is 29.0. The van der Waals surface area contributed by atoms with Gasteiger partial charge >= 0.3 is 0 Å². The molecule has 3 atom stereocenters. The van der Waals surface area contributed by atoms with Crippen molar-refractivity contribution in [2.24, 2.45) is 11.8 Å². The highest BCUT2D eigenvalue weighted by atomic mass is 14.9. The van der Waals surface area contributed by atoms with Crippen LogP contribution in [-0.4, -0.2) is 12.6 Å². The van der Waals surface area contributed by atoms with E-state index in [0.717, 1.165) is 17.9 Å². The average Bonchev–Trinajstić information content (AvgIpc) is 2.27. The molecular weight excluding hydrogens is 182 g/mol. The second-order valence-electron chi connectivity index (χ2n) is 5.44. The molecule has 3 unspecified atom stereocenters. The van der Waals surface area contributed by atoms with Gasteiger partial charge < -0.3 is 5.32 Å². The van der Waals surface area contributed by atoms with Crippen molar-refractivity contribution in [1.29, 1.82) is 0 Å². The molecule has 1 aliphatic rings. The summed E-state index contributed by atoms with van der Waals surface area (Å²) in [6, 6.07) is 0.822. The lowest BCUT2D eigenvalue weighted by atomic mass is 9.84. The third kappa shape index (κ3) is 5.01. The summed E-state index contributed by atoms with van der Waals surface area (Å²) >= 11 is 0. The molecule has 1 rings (SSSR count). The zero-order chi connectivity index (χ0) is 11.1. The molecule has 0 aliphatic heterocycles. The zero-order valence-corrected chi connectivity index (χ0v) is 10.9. The van der Waals surface area contributed by atoms with Gasteiger partial charge in [-0.25, -0.2) is 0 Å². The quantitative estimate of drug-likeness (QED) is 0.700. The van der Waals surface area contributed by atoms with E-state index >= 15 is 0 Å². The molecule has 0 bridgehead atoms. The molecule has 0 aromatic carbocycles. The van der Waals surface area contributed by atoms with Gasteiger partial charge in [-0.2, -0.15) is 0 Å². The predicted molar refractivity (Wildman–Crippen MR) is 68.1 cm³/mol. The molecule has 1 aliphatic carbocycles. The SMILES string of the molecule is CCCC(C)CNC1CCCC(CC)C1. The lowest BCUT2D eigenvalue weighted by Crippen LogP contribution is -2.36. The van der Waals surface area contributed by atoms with Crippen LogP contribution in [-0.2, 0) is 0 Å². The molecule has 1 fully saturated rings. The average molecular weight is 211 g/mol. The van der Waals surface area contributed by atoms with Crippen molar-refractivity contribution in [3.8, 4) is 0 Å². The van der Waals surface area contributed by atoms with E-state index in [0.29, 0.717) is 0 Å². The van der Waals surface area contributed by atoms with Gasteiger partial charge in [0.1, 0.15) is 0 Å². The van der Waals surface area contributed by atoms with Gasteiger partial charge in [0, 0.05) is 6.04 Å². The minimum atomic E-state index is 0.822. The zero-order valence-electron chi connectivity index (χ0n) is 10.9. The van der Waals surface area contributed by atoms with Crippen molar-refractivity contribution >= 4 is 0 Å². The summed E-state index contributed by atoms with van der Waals surface area (Å²) in [6.45, 7) is 8.22. The van der Waals surface area contributed by atoms with Crippen molar-refractivity contribution in [3.63, 3.8) is 0 Å². The summed E-state index contributed by atoms with van der Waals surface area (Å²) < 4.78 is 0. The van der Waals surface area contributed by atoms with Crippen molar-refractivity contribution in [2.45, 2.75) is 71.8 Å². The van der Waals surface area contributed by atoms with Gasteiger partial charge in [0.15, 0.2) is 0 Å². The Hall–Kier alpha value is -0.0400. The van der Waals surface area contributed by atoms with E-state index in [1.807, 2.05) is 0 Å². The van der Waals surface area contributed by atoms with Crippen LogP contribution in [0.3, 0.4) is 0 Å². The van der Waals surface area contributed by atoms with Gasteiger partial charge in [-0.1, -0.05) is 46.5 Å². The van der Waals surface area contributed by atoms with E-state index in [1.165, 1.54) is 51.5 Å². The molecule has 1 N–H and O–H groups in total. The Bertz CT molecular complexity index is 155. The highest BCUT2D eigenvalue weighted by Gasteiger charge is 2.20. The Kier molecular flexibility index (Phi) is 6.31. The first kappa shape index (κ1) is 13.0. The molecule has 15 heavy (non-hydrogen) atoms. The summed E-state index contributed by atoms with van der Waals surface area (Å²) in [6.07, 6.45) is 9.83. The lowest BCUT2D eigenvalue weighted by molar-refractivity contribution is 0.269. The van der Waals surface area contributed by atoms with Crippen LogP contribution in [0, 0.1) is 11.8 Å². The van der Waals surface area contributed by atoms with E-state index in [-0.39, 0.29) is 0 Å². The minimum Gasteiger partial charge on any atom is -0.314 e. The summed E-state index contributed by atoms with van der Waals surface area (Å²) in [7, 11) is 0. The first-order chi connectivity index (χ1) is 7.26. The maximum Gasteiger partial charge on any atom is 0.00698 e. The minimum absolute atomic E-state index is 0.822. The van der Waals surface area contributed by atoms with Gasteiger partial charge in [-0.15, -0.1) is 0 Å². The van der Waals surface area contributed by atoms with Gasteiger partial charge in [0.25, 0.3) is 0 Å². The topological polar surface area (TPSA) is 12.0 Å². The Morgan fingerprint density at radius 2 is 2.07 bits per heavy atom. The van der Waals surface area contributed by atoms with Gasteiger partial charge in [0.2, 0.25) is 0 Å². The first-order valence-corrected chi connectivity index (χ1v) is 6.99. The molecule has 90 valence electrons. The fraction of sp³-hybridized carbons (Fsp3) is 1.00. The second-order valence-corrected chi connectivity index (χ2v) is 5.44. The summed E-state index contributed by atoms with van der Waals surface area (Å²) in [5.41, 5.74) is 0. The summed E-state index contributed by atoms with van der Waals surface area (Å²) in [5.74, 6) is 1.86. The van der Waals surface area contributed by atoms with Crippen LogP contribution < -0.4 is 5.32 Å². The van der Waals surface area contributed by atoms with E-state index < -0.39 is 0 Å². The highest BCUT2D eigenvalue weighted by Crippen LogP contribution is 2.26. The molecule has 0 saturated heterocycles. The van der Waals surface area contributed by atoms with Crippen LogP contribution in [0.2, 0.25) is 0 Å². The van der Waals surface area contributed by atoms with Crippen LogP contribution in [0.1, 0.15) is 65.7 Å². The second kappa shape index (κ2) is 7.27.